The van der Waals surface area contributed by atoms with E-state index in [0.717, 1.165) is 0 Å². The van der Waals surface area contributed by atoms with E-state index in [-0.39, 0.29) is 0 Å². The molecule has 26 heavy (non-hydrogen) atoms. The molecule has 0 saturated carbocycles. The molecule has 10 heteroatoms. The molecule has 2 aliphatic rings. The van der Waals surface area contributed by atoms with Crippen molar-refractivity contribution in [2.45, 2.75) is 61.0 Å². The Kier molecular flexibility index (Phi) is 7.34. The summed E-state index contributed by atoms with van der Waals surface area (Å²) in [4.78, 5) is 0. The third-order valence-corrected chi connectivity index (χ3v) is 4.28. The van der Waals surface area contributed by atoms with E-state index in [0.29, 0.717) is 0 Å². The van der Waals surface area contributed by atoms with Gasteiger partial charge in [-0.3, -0.25) is 0 Å². The van der Waals surface area contributed by atoms with Gasteiger partial charge in [-0.1, -0.05) is 11.8 Å². The first-order valence-electron chi connectivity index (χ1n) is 7.93. The summed E-state index contributed by atoms with van der Waals surface area (Å²) in [7, 11) is 0. The number of hydrogen-bond donors (Lipinski definition) is 8. The fourth-order valence-corrected chi connectivity index (χ4v) is 2.66. The van der Waals surface area contributed by atoms with E-state index in [1.807, 2.05) is 0 Å². The van der Waals surface area contributed by atoms with Gasteiger partial charge in [0, 0.05) is 0 Å². The van der Waals surface area contributed by atoms with Crippen molar-refractivity contribution in [3.63, 3.8) is 0 Å². The minimum absolute atomic E-state index is 0.584. The standard InChI is InChI=1S/C16H22O10/c17-5-9-13(21)15(23)11(19)7(25-9)3-1-2-4-8-12(20)16(24)14(22)10(6-18)26-8/h7-24H,5-6H2/t7-,8-,9-,10-,11-,12+,13-,14-,15-,16-/m1/s1. The molecule has 2 saturated heterocycles. The summed E-state index contributed by atoms with van der Waals surface area (Å²) in [6.07, 6.45) is -13.7. The Hall–Kier alpha value is -1.28. The van der Waals surface area contributed by atoms with Gasteiger partial charge in [0.25, 0.3) is 0 Å². The first-order chi connectivity index (χ1) is 12.3. The average Bonchev–Trinajstić information content (AvgIpc) is 2.64. The Morgan fingerprint density at radius 2 is 0.885 bits per heavy atom. The summed E-state index contributed by atoms with van der Waals surface area (Å²) >= 11 is 0. The van der Waals surface area contributed by atoms with Crippen LogP contribution in [0.15, 0.2) is 0 Å². The Labute approximate surface area is 149 Å². The molecule has 0 aliphatic carbocycles. The molecule has 0 bridgehead atoms. The number of rotatable bonds is 2. The van der Waals surface area contributed by atoms with Crippen LogP contribution >= 0.6 is 0 Å². The zero-order chi connectivity index (χ0) is 19.4. The summed E-state index contributed by atoms with van der Waals surface area (Å²) < 4.78 is 10.3. The topological polar surface area (TPSA) is 180 Å². The smallest absolute Gasteiger partial charge is 0.148 e. The molecule has 2 rings (SSSR count). The van der Waals surface area contributed by atoms with Crippen LogP contribution in [0.1, 0.15) is 0 Å². The molecule has 0 spiro atoms. The molecule has 146 valence electrons. The van der Waals surface area contributed by atoms with Gasteiger partial charge in [0.2, 0.25) is 0 Å². The number of aliphatic hydroxyl groups is 8. The van der Waals surface area contributed by atoms with Crippen LogP contribution in [-0.2, 0) is 9.47 Å². The summed E-state index contributed by atoms with van der Waals surface area (Å²) in [6.45, 7) is -1.17. The van der Waals surface area contributed by atoms with Crippen molar-refractivity contribution in [2.24, 2.45) is 0 Å². The molecule has 0 unspecified atom stereocenters. The molecule has 2 aliphatic heterocycles. The molecule has 2 fully saturated rings. The monoisotopic (exact) mass is 374 g/mol. The van der Waals surface area contributed by atoms with Crippen molar-refractivity contribution < 1.29 is 50.3 Å². The SMILES string of the molecule is OC[C@H]1O[C@H](C#CC#C[C@H]2O[C@H](CO)[C@@H](O)[C@H](O)[C@@H]2O)[C@H](O)[C@@H](O)[C@@H]1O. The highest BCUT2D eigenvalue weighted by Gasteiger charge is 2.43. The maximum atomic E-state index is 9.82. The van der Waals surface area contributed by atoms with Crippen LogP contribution < -0.4 is 0 Å². The molecule has 0 amide bonds. The minimum Gasteiger partial charge on any atom is -0.394 e. The second-order valence-electron chi connectivity index (χ2n) is 6.04. The lowest BCUT2D eigenvalue weighted by molar-refractivity contribution is -0.214. The minimum atomic E-state index is -1.56. The van der Waals surface area contributed by atoms with Crippen molar-refractivity contribution >= 4 is 0 Å². The van der Waals surface area contributed by atoms with E-state index in [2.05, 4.69) is 23.7 Å². The maximum Gasteiger partial charge on any atom is 0.148 e. The molecule has 8 N–H and O–H groups in total. The predicted molar refractivity (Wildman–Crippen MR) is 83.1 cm³/mol. The van der Waals surface area contributed by atoms with Crippen LogP contribution in [0.2, 0.25) is 0 Å². The van der Waals surface area contributed by atoms with Gasteiger partial charge in [-0.05, 0) is 11.8 Å². The highest BCUT2D eigenvalue weighted by atomic mass is 16.5. The Balaban J connectivity index is 2.05. The lowest BCUT2D eigenvalue weighted by Gasteiger charge is -2.38. The van der Waals surface area contributed by atoms with Gasteiger partial charge in [0.15, 0.2) is 0 Å². The number of ether oxygens (including phenoxy) is 2. The quantitative estimate of drug-likeness (QED) is 0.217. The van der Waals surface area contributed by atoms with E-state index in [9.17, 15) is 30.6 Å². The summed E-state index contributed by atoms with van der Waals surface area (Å²) in [5, 5.41) is 76.4. The van der Waals surface area contributed by atoms with Gasteiger partial charge in [-0.15, -0.1) is 0 Å². The summed E-state index contributed by atoms with van der Waals surface area (Å²) in [5.74, 6) is 9.47. The molecule has 2 heterocycles. The Morgan fingerprint density at radius 3 is 1.19 bits per heavy atom. The van der Waals surface area contributed by atoms with Crippen molar-refractivity contribution in [1.82, 2.24) is 0 Å². The van der Waals surface area contributed by atoms with Crippen LogP contribution in [0.3, 0.4) is 0 Å². The van der Waals surface area contributed by atoms with Crippen LogP contribution in [0.5, 0.6) is 0 Å². The lowest BCUT2D eigenvalue weighted by atomic mass is 9.95. The first-order valence-corrected chi connectivity index (χ1v) is 7.93. The van der Waals surface area contributed by atoms with E-state index in [1.54, 1.807) is 0 Å². The van der Waals surface area contributed by atoms with E-state index >= 15 is 0 Å². The summed E-state index contributed by atoms with van der Waals surface area (Å²) in [6, 6.07) is 0. The zero-order valence-corrected chi connectivity index (χ0v) is 13.6. The fourth-order valence-electron chi connectivity index (χ4n) is 2.66. The normalized spacial score (nSPS) is 45.8. The van der Waals surface area contributed by atoms with Gasteiger partial charge in [-0.25, -0.2) is 0 Å². The van der Waals surface area contributed by atoms with Crippen LogP contribution in [0.4, 0.5) is 0 Å². The first kappa shape index (κ1) is 21.0. The average molecular weight is 374 g/mol. The van der Waals surface area contributed by atoms with E-state index in [1.165, 1.54) is 0 Å². The third kappa shape index (κ3) is 4.34. The van der Waals surface area contributed by atoms with Gasteiger partial charge in [-0.2, -0.15) is 0 Å². The lowest BCUT2D eigenvalue weighted by Crippen LogP contribution is -2.58. The van der Waals surface area contributed by atoms with Gasteiger partial charge >= 0.3 is 0 Å². The highest BCUT2D eigenvalue weighted by molar-refractivity contribution is 5.30. The Morgan fingerprint density at radius 1 is 0.538 bits per heavy atom. The molecular formula is C16H22O10. The molecule has 0 aromatic rings. The van der Waals surface area contributed by atoms with Crippen molar-refractivity contribution in [2.75, 3.05) is 13.2 Å². The molecule has 0 radical (unpaired) electrons. The van der Waals surface area contributed by atoms with Gasteiger partial charge < -0.3 is 50.3 Å². The van der Waals surface area contributed by atoms with Gasteiger partial charge in [0.05, 0.1) is 13.2 Å². The fraction of sp³-hybridized carbons (Fsp3) is 0.750. The van der Waals surface area contributed by atoms with Crippen LogP contribution in [0.25, 0.3) is 0 Å². The molecule has 0 aromatic heterocycles. The van der Waals surface area contributed by atoms with Crippen molar-refractivity contribution in [3.05, 3.63) is 0 Å². The molecule has 10 nitrogen and oxygen atoms in total. The van der Waals surface area contributed by atoms with E-state index < -0.39 is 74.3 Å². The van der Waals surface area contributed by atoms with Crippen LogP contribution in [0, 0.1) is 23.7 Å². The molecular weight excluding hydrogens is 352 g/mol. The zero-order valence-electron chi connectivity index (χ0n) is 13.6. The molecule has 0 aromatic carbocycles. The maximum absolute atomic E-state index is 9.82. The second-order valence-corrected chi connectivity index (χ2v) is 6.04. The number of aliphatic hydroxyl groups excluding tert-OH is 8. The van der Waals surface area contributed by atoms with E-state index in [4.69, 9.17) is 19.7 Å². The second kappa shape index (κ2) is 9.08. The highest BCUT2D eigenvalue weighted by Crippen LogP contribution is 2.21. The van der Waals surface area contributed by atoms with Crippen molar-refractivity contribution in [1.29, 1.82) is 0 Å². The largest absolute Gasteiger partial charge is 0.394 e. The van der Waals surface area contributed by atoms with Crippen molar-refractivity contribution in [3.8, 4) is 23.7 Å². The Bertz CT molecular complexity index is 533. The third-order valence-electron chi connectivity index (χ3n) is 4.28. The molecule has 10 atom stereocenters. The number of hydrogen-bond acceptors (Lipinski definition) is 10. The van der Waals surface area contributed by atoms with Crippen LogP contribution in [-0.4, -0.2) is 115 Å². The summed E-state index contributed by atoms with van der Waals surface area (Å²) in [5.41, 5.74) is 0. The van der Waals surface area contributed by atoms with Gasteiger partial charge in [0.1, 0.15) is 61.0 Å². The predicted octanol–water partition coefficient (Wildman–Crippen LogP) is -5.32.